The lowest BCUT2D eigenvalue weighted by atomic mass is 9.78. The molecule has 6 rings (SSSR count). The summed E-state index contributed by atoms with van der Waals surface area (Å²) in [5, 5.41) is 10.3. The highest BCUT2D eigenvalue weighted by molar-refractivity contribution is 5.79. The molecule has 0 unspecified atom stereocenters. The van der Waals surface area contributed by atoms with Gasteiger partial charge in [-0.15, -0.1) is 0 Å². The van der Waals surface area contributed by atoms with Gasteiger partial charge < -0.3 is 13.9 Å². The summed E-state index contributed by atoms with van der Waals surface area (Å²) in [5.41, 5.74) is 9.30. The highest BCUT2D eigenvalue weighted by Gasteiger charge is 2.25. The molecule has 0 spiro atoms. The van der Waals surface area contributed by atoms with Gasteiger partial charge in [-0.25, -0.2) is 9.97 Å². The number of hydrogen-bond donors (Lipinski definition) is 1. The zero-order valence-electron chi connectivity index (χ0n) is 24.9. The van der Waals surface area contributed by atoms with E-state index in [0.29, 0.717) is 17.5 Å². The van der Waals surface area contributed by atoms with Crippen molar-refractivity contribution in [2.75, 3.05) is 0 Å². The minimum atomic E-state index is -0.299. The highest BCUT2D eigenvalue weighted by atomic mass is 16.4. The third-order valence-electron chi connectivity index (χ3n) is 8.34. The average Bonchev–Trinajstić information content (AvgIpc) is 3.63. The van der Waals surface area contributed by atoms with Gasteiger partial charge in [0.25, 0.3) is 0 Å². The fraction of sp³-hybridized carbons (Fsp3) is 0.297. The number of aromatic nitrogens is 2. The molecule has 4 aromatic carbocycles. The summed E-state index contributed by atoms with van der Waals surface area (Å²) in [4.78, 5) is 9.72. The number of phenolic OH excluding ortho intramolecular Hbond substituents is 1. The maximum atomic E-state index is 10.3. The maximum Gasteiger partial charge on any atom is 0.227 e. The van der Waals surface area contributed by atoms with E-state index in [2.05, 4.69) is 76.2 Å². The molecule has 0 aliphatic rings. The number of unbranched alkanes of at least 4 members (excludes halogenated alkanes) is 2. The fourth-order valence-electron chi connectivity index (χ4n) is 5.57. The number of benzene rings is 4. The number of nitrogens with zero attached hydrogens (tertiary/aromatic N) is 2. The first-order valence-corrected chi connectivity index (χ1v) is 15.1. The lowest BCUT2D eigenvalue weighted by Crippen LogP contribution is -2.18. The molecule has 0 saturated heterocycles. The summed E-state index contributed by atoms with van der Waals surface area (Å²) in [6.45, 7) is 8.80. The number of fused-ring (bicyclic) bond motifs is 2. The zero-order chi connectivity index (χ0) is 29.3. The van der Waals surface area contributed by atoms with Crippen molar-refractivity contribution >= 4 is 22.2 Å². The Balaban J connectivity index is 1.29. The molecule has 0 amide bonds. The van der Waals surface area contributed by atoms with Crippen molar-refractivity contribution in [1.29, 1.82) is 0 Å². The minimum absolute atomic E-state index is 0.299. The molecule has 0 saturated carbocycles. The van der Waals surface area contributed by atoms with Gasteiger partial charge in [-0.1, -0.05) is 64.8 Å². The number of aryl methyl sites for hydroxylation is 2. The zero-order valence-corrected chi connectivity index (χ0v) is 24.9. The predicted molar refractivity (Wildman–Crippen MR) is 170 cm³/mol. The predicted octanol–water partition coefficient (Wildman–Crippen LogP) is 10.0. The largest absolute Gasteiger partial charge is 0.508 e. The Labute approximate surface area is 247 Å². The van der Waals surface area contributed by atoms with Crippen LogP contribution in [0.1, 0.15) is 75.6 Å². The first-order chi connectivity index (χ1) is 20.4. The summed E-state index contributed by atoms with van der Waals surface area (Å²) in [7, 11) is 0. The van der Waals surface area contributed by atoms with Crippen LogP contribution in [0.2, 0.25) is 0 Å². The second kappa shape index (κ2) is 11.5. The molecule has 5 heteroatoms. The van der Waals surface area contributed by atoms with Crippen LogP contribution >= 0.6 is 0 Å². The molecule has 214 valence electrons. The van der Waals surface area contributed by atoms with Crippen molar-refractivity contribution in [2.45, 2.75) is 71.6 Å². The van der Waals surface area contributed by atoms with E-state index in [1.54, 1.807) is 6.07 Å². The summed E-state index contributed by atoms with van der Waals surface area (Å²) >= 11 is 0. The third-order valence-corrected chi connectivity index (χ3v) is 8.34. The van der Waals surface area contributed by atoms with Crippen LogP contribution < -0.4 is 0 Å². The van der Waals surface area contributed by atoms with E-state index in [-0.39, 0.29) is 5.41 Å². The lowest BCUT2D eigenvalue weighted by molar-refractivity contribution is 0.467. The van der Waals surface area contributed by atoms with Crippen molar-refractivity contribution in [2.24, 2.45) is 0 Å². The van der Waals surface area contributed by atoms with Crippen LogP contribution in [0, 0.1) is 0 Å². The van der Waals surface area contributed by atoms with Crippen LogP contribution in [0.3, 0.4) is 0 Å². The van der Waals surface area contributed by atoms with Gasteiger partial charge >= 0.3 is 0 Å². The molecule has 0 aliphatic carbocycles. The monoisotopic (exact) mass is 558 g/mol. The number of aromatic hydroxyl groups is 1. The van der Waals surface area contributed by atoms with Crippen molar-refractivity contribution < 1.29 is 13.9 Å². The Morgan fingerprint density at radius 1 is 0.667 bits per heavy atom. The molecule has 2 aromatic heterocycles. The van der Waals surface area contributed by atoms with Crippen molar-refractivity contribution in [3.63, 3.8) is 0 Å². The minimum Gasteiger partial charge on any atom is -0.508 e. The van der Waals surface area contributed by atoms with Crippen LogP contribution in [0.4, 0.5) is 0 Å². The second-order valence-corrected chi connectivity index (χ2v) is 11.8. The van der Waals surface area contributed by atoms with E-state index >= 15 is 0 Å². The highest BCUT2D eigenvalue weighted by Crippen LogP contribution is 2.37. The van der Waals surface area contributed by atoms with Gasteiger partial charge in [0.05, 0.1) is 0 Å². The van der Waals surface area contributed by atoms with E-state index < -0.39 is 0 Å². The fourth-order valence-corrected chi connectivity index (χ4v) is 5.57. The molecule has 0 radical (unpaired) electrons. The van der Waals surface area contributed by atoms with Crippen LogP contribution in [0.15, 0.2) is 87.7 Å². The lowest BCUT2D eigenvalue weighted by Gasteiger charge is -2.26. The van der Waals surface area contributed by atoms with Crippen molar-refractivity contribution in [3.8, 4) is 28.7 Å². The maximum absolute atomic E-state index is 10.3. The van der Waals surface area contributed by atoms with E-state index in [1.165, 1.54) is 18.4 Å². The standard InChI is InChI=1S/C37H38N2O3/c1-5-7-10-24-11-9-13-26(20-24)35-38-30-22-28(15-18-33(30)41-35)37(3,4)29-16-19-34-31(23-29)39-36(42-34)27-14-17-32(40)25(21-27)12-8-6-2/h9,11,13-23,40H,5-8,10,12H2,1-4H3. The summed E-state index contributed by atoms with van der Waals surface area (Å²) in [6, 6.07) is 26.6. The van der Waals surface area contributed by atoms with Crippen molar-refractivity contribution in [3.05, 3.63) is 101 Å². The van der Waals surface area contributed by atoms with E-state index in [0.717, 1.165) is 75.7 Å². The molecular weight excluding hydrogens is 520 g/mol. The number of oxazole rings is 2. The first-order valence-electron chi connectivity index (χ1n) is 15.1. The Hall–Kier alpha value is -4.38. The third kappa shape index (κ3) is 5.44. The molecular formula is C37H38N2O3. The number of phenols is 1. The molecule has 42 heavy (non-hydrogen) atoms. The van der Waals surface area contributed by atoms with Gasteiger partial charge in [0, 0.05) is 16.5 Å². The van der Waals surface area contributed by atoms with Gasteiger partial charge in [0.15, 0.2) is 11.2 Å². The molecule has 6 aromatic rings. The Morgan fingerprint density at radius 3 is 1.88 bits per heavy atom. The van der Waals surface area contributed by atoms with Gasteiger partial charge in [-0.05, 0) is 103 Å². The Bertz CT molecular complexity index is 1860. The second-order valence-electron chi connectivity index (χ2n) is 11.8. The Kier molecular flexibility index (Phi) is 7.59. The van der Waals surface area contributed by atoms with Gasteiger partial charge in [0.2, 0.25) is 11.8 Å². The van der Waals surface area contributed by atoms with Gasteiger partial charge in [-0.3, -0.25) is 0 Å². The first kappa shape index (κ1) is 27.8. The quantitative estimate of drug-likeness (QED) is 0.181. The average molecular weight is 559 g/mol. The van der Waals surface area contributed by atoms with Gasteiger partial charge in [0.1, 0.15) is 16.8 Å². The van der Waals surface area contributed by atoms with Crippen molar-refractivity contribution in [1.82, 2.24) is 9.97 Å². The number of hydrogen-bond acceptors (Lipinski definition) is 5. The molecule has 1 N–H and O–H groups in total. The molecule has 5 nitrogen and oxygen atoms in total. The summed E-state index contributed by atoms with van der Waals surface area (Å²) < 4.78 is 12.3. The molecule has 0 fully saturated rings. The van der Waals surface area contributed by atoms with E-state index in [4.69, 9.17) is 18.8 Å². The Morgan fingerprint density at radius 2 is 1.26 bits per heavy atom. The normalized spacial score (nSPS) is 12.0. The molecule has 0 aliphatic heterocycles. The van der Waals surface area contributed by atoms with Gasteiger partial charge in [-0.2, -0.15) is 0 Å². The molecule has 0 bridgehead atoms. The van der Waals surface area contributed by atoms with Crippen LogP contribution in [-0.4, -0.2) is 15.1 Å². The van der Waals surface area contributed by atoms with E-state index in [9.17, 15) is 5.11 Å². The van der Waals surface area contributed by atoms with E-state index in [1.807, 2.05) is 24.3 Å². The van der Waals surface area contributed by atoms with Crippen LogP contribution in [-0.2, 0) is 18.3 Å². The molecule has 2 heterocycles. The van der Waals surface area contributed by atoms with Crippen LogP contribution in [0.25, 0.3) is 45.1 Å². The topological polar surface area (TPSA) is 72.3 Å². The summed E-state index contributed by atoms with van der Waals surface area (Å²) in [5.74, 6) is 1.54. The SMILES string of the molecule is CCCCc1cccc(-c2nc3cc(C(C)(C)c4ccc5oc(-c6ccc(O)c(CCCC)c6)nc5c4)ccc3o2)c1. The smallest absolute Gasteiger partial charge is 0.227 e. The molecule has 0 atom stereocenters. The van der Waals surface area contributed by atoms with Crippen LogP contribution in [0.5, 0.6) is 5.75 Å². The number of rotatable bonds is 10. The summed E-state index contributed by atoms with van der Waals surface area (Å²) in [6.07, 6.45) is 6.34.